The largest absolute Gasteiger partial charge is 0.497 e. The topological polar surface area (TPSA) is 110 Å². The monoisotopic (exact) mass is 745 g/mol. The number of nitrogens with one attached hydrogen (secondary N) is 1. The summed E-state index contributed by atoms with van der Waals surface area (Å²) in [6.45, 7) is 4.53. The molecule has 0 aliphatic carbocycles. The number of halogens is 3. The normalized spacial score (nSPS) is 21.3. The van der Waals surface area contributed by atoms with Crippen LogP contribution in [0.2, 0.25) is 0 Å². The summed E-state index contributed by atoms with van der Waals surface area (Å²) in [6.07, 6.45) is -2.46. The van der Waals surface area contributed by atoms with Gasteiger partial charge in [0.2, 0.25) is 5.91 Å². The lowest BCUT2D eigenvalue weighted by Crippen LogP contribution is -2.41. The van der Waals surface area contributed by atoms with Crippen molar-refractivity contribution in [3.63, 3.8) is 0 Å². The Kier molecular flexibility index (Phi) is 12.2. The van der Waals surface area contributed by atoms with Gasteiger partial charge in [0.05, 0.1) is 38.9 Å². The number of anilines is 1. The molecular formula is C37H43ClF2N3O7P. The summed E-state index contributed by atoms with van der Waals surface area (Å²) in [4.78, 5) is 18.1. The van der Waals surface area contributed by atoms with E-state index in [0.717, 1.165) is 21.3 Å². The molecule has 0 spiro atoms. The first-order chi connectivity index (χ1) is 24.5. The average molecular weight is 746 g/mol. The average Bonchev–Trinajstić information content (AvgIpc) is 3.39. The van der Waals surface area contributed by atoms with Gasteiger partial charge in [-0.05, 0) is 60.9 Å². The molecule has 1 saturated heterocycles. The first-order valence-corrected chi connectivity index (χ1v) is 18.8. The molecule has 0 saturated carbocycles. The third-order valence-corrected chi connectivity index (χ3v) is 11.9. The van der Waals surface area contributed by atoms with Gasteiger partial charge in [0.1, 0.15) is 22.9 Å². The minimum absolute atomic E-state index is 0.0553. The second kappa shape index (κ2) is 16.3. The summed E-state index contributed by atoms with van der Waals surface area (Å²) in [6, 6.07) is 26.3. The molecule has 1 aromatic heterocycles. The number of aromatic nitrogens is 2. The van der Waals surface area contributed by atoms with E-state index < -0.39 is 55.1 Å². The lowest BCUT2D eigenvalue weighted by atomic mass is 9.77. The van der Waals surface area contributed by atoms with Crippen molar-refractivity contribution in [2.45, 2.75) is 56.6 Å². The quantitative estimate of drug-likeness (QED) is 0.0691. The van der Waals surface area contributed by atoms with Gasteiger partial charge in [-0.1, -0.05) is 61.5 Å². The van der Waals surface area contributed by atoms with Crippen molar-refractivity contribution in [1.82, 2.24) is 9.55 Å². The van der Waals surface area contributed by atoms with Crippen LogP contribution in [0.3, 0.4) is 0 Å². The smallest absolute Gasteiger partial charge is 0.364 e. The van der Waals surface area contributed by atoms with Gasteiger partial charge in [-0.15, -0.1) is 11.6 Å². The number of alkyl halides is 3. The molecule has 0 radical (unpaired) electrons. The van der Waals surface area contributed by atoms with Crippen LogP contribution in [-0.2, 0) is 23.9 Å². The van der Waals surface area contributed by atoms with E-state index in [1.807, 2.05) is 78.9 Å². The number of nitrogens with zero attached hydrogens (tertiary/aromatic N) is 2. The Bertz CT molecular complexity index is 1790. The SMILES string of the molecule is CCOP(=O)(OCC)C(F)C[C@@]1(CCl)O[C@@H](n2ccc(NC(c3ccccc3)(c3ccc(OC)cc3)c3ccc(OC)cc3)nc2=O)[C@H](F)[C@@H]1C. The Morgan fingerprint density at radius 1 is 0.941 bits per heavy atom. The van der Waals surface area contributed by atoms with Crippen molar-refractivity contribution in [3.05, 3.63) is 118 Å². The molecule has 10 nitrogen and oxygen atoms in total. The van der Waals surface area contributed by atoms with Gasteiger partial charge in [0, 0.05) is 18.5 Å². The highest BCUT2D eigenvalue weighted by Crippen LogP contribution is 2.58. The second-order valence-electron chi connectivity index (χ2n) is 12.2. The molecule has 3 aromatic carbocycles. The highest BCUT2D eigenvalue weighted by molar-refractivity contribution is 7.54. The van der Waals surface area contributed by atoms with E-state index >= 15 is 8.78 Å². The van der Waals surface area contributed by atoms with Gasteiger partial charge in [0.15, 0.2) is 12.4 Å². The maximum absolute atomic E-state index is 16.1. The summed E-state index contributed by atoms with van der Waals surface area (Å²) in [5.74, 6) is -1.96. The van der Waals surface area contributed by atoms with E-state index in [2.05, 4.69) is 10.3 Å². The van der Waals surface area contributed by atoms with Crippen LogP contribution in [0.25, 0.3) is 0 Å². The number of ether oxygens (including phenoxy) is 3. The second-order valence-corrected chi connectivity index (χ2v) is 14.6. The molecular weight excluding hydrogens is 703 g/mol. The molecule has 274 valence electrons. The molecule has 14 heteroatoms. The zero-order valence-corrected chi connectivity index (χ0v) is 30.8. The van der Waals surface area contributed by atoms with Crippen LogP contribution < -0.4 is 20.5 Å². The predicted molar refractivity (Wildman–Crippen MR) is 192 cm³/mol. The minimum atomic E-state index is -4.21. The zero-order valence-electron chi connectivity index (χ0n) is 29.1. The Balaban J connectivity index is 1.54. The van der Waals surface area contributed by atoms with Gasteiger partial charge in [-0.25, -0.2) is 13.6 Å². The molecule has 4 aromatic rings. The van der Waals surface area contributed by atoms with Crippen LogP contribution in [0.4, 0.5) is 14.6 Å². The van der Waals surface area contributed by atoms with Gasteiger partial charge < -0.3 is 28.6 Å². The van der Waals surface area contributed by atoms with E-state index in [4.69, 9.17) is 34.9 Å². The Morgan fingerprint density at radius 3 is 1.94 bits per heavy atom. The van der Waals surface area contributed by atoms with Crippen LogP contribution in [0.5, 0.6) is 11.5 Å². The third-order valence-electron chi connectivity index (χ3n) is 9.31. The number of rotatable bonds is 16. The fraction of sp³-hybridized carbons (Fsp3) is 0.405. The van der Waals surface area contributed by atoms with Gasteiger partial charge in [0.25, 0.3) is 0 Å². The predicted octanol–water partition coefficient (Wildman–Crippen LogP) is 8.10. The van der Waals surface area contributed by atoms with Crippen LogP contribution in [0.15, 0.2) is 95.9 Å². The summed E-state index contributed by atoms with van der Waals surface area (Å²) >= 11 is 6.32. The molecule has 1 aliphatic rings. The number of methoxy groups -OCH3 is 2. The molecule has 1 N–H and O–H groups in total. The van der Waals surface area contributed by atoms with Crippen molar-refractivity contribution < 1.29 is 36.6 Å². The van der Waals surface area contributed by atoms with E-state index in [1.54, 1.807) is 34.1 Å². The first kappa shape index (κ1) is 38.4. The van der Waals surface area contributed by atoms with E-state index in [0.29, 0.717) is 11.5 Å². The van der Waals surface area contributed by atoms with Crippen LogP contribution in [-0.4, -0.2) is 60.5 Å². The fourth-order valence-electron chi connectivity index (χ4n) is 6.51. The standard InChI is InChI=1S/C37H43ClF2N3O7P/c1-6-48-51(45,49-7-2)31(39)23-36(24-38)25(3)33(40)34(50-36)43-22-21-32(41-35(43)44)42-37(26-11-9-8-10-12-26,27-13-17-29(46-4)18-14-27)28-15-19-30(47-5)20-16-28/h8-22,25,31,33-34H,6-7,23-24H2,1-5H3,(H,41,42,44)/t25-,31?,33+,34+,36-/m0/s1. The van der Waals surface area contributed by atoms with Crippen molar-refractivity contribution in [2.24, 2.45) is 5.92 Å². The molecule has 5 atom stereocenters. The summed E-state index contributed by atoms with van der Waals surface area (Å²) in [7, 11) is -1.03. The van der Waals surface area contributed by atoms with E-state index in [9.17, 15) is 9.36 Å². The molecule has 5 rings (SSSR count). The highest BCUT2D eigenvalue weighted by Gasteiger charge is 2.57. The third kappa shape index (κ3) is 7.57. The Hall–Kier alpha value is -3.80. The summed E-state index contributed by atoms with van der Waals surface area (Å²) < 4.78 is 73.2. The number of hydrogen-bond acceptors (Lipinski definition) is 9. The molecule has 1 fully saturated rings. The van der Waals surface area contributed by atoms with Crippen molar-refractivity contribution >= 4 is 25.0 Å². The van der Waals surface area contributed by atoms with E-state index in [1.165, 1.54) is 13.1 Å². The molecule has 2 heterocycles. The zero-order chi connectivity index (χ0) is 36.8. The van der Waals surface area contributed by atoms with Gasteiger partial charge >= 0.3 is 13.3 Å². The van der Waals surface area contributed by atoms with Crippen molar-refractivity contribution in [3.8, 4) is 11.5 Å². The first-order valence-electron chi connectivity index (χ1n) is 16.6. The van der Waals surface area contributed by atoms with E-state index in [-0.39, 0.29) is 24.9 Å². The van der Waals surface area contributed by atoms with Crippen molar-refractivity contribution in [1.29, 1.82) is 0 Å². The van der Waals surface area contributed by atoms with Crippen LogP contribution in [0.1, 0.15) is 50.1 Å². The van der Waals surface area contributed by atoms with Crippen LogP contribution >= 0.6 is 19.2 Å². The maximum atomic E-state index is 16.1. The summed E-state index contributed by atoms with van der Waals surface area (Å²) in [5.41, 5.74) is -1.06. The number of benzene rings is 3. The maximum Gasteiger partial charge on any atom is 0.364 e. The van der Waals surface area contributed by atoms with Gasteiger partial charge in [-0.2, -0.15) is 4.98 Å². The molecule has 51 heavy (non-hydrogen) atoms. The van der Waals surface area contributed by atoms with Crippen molar-refractivity contribution in [2.75, 3.05) is 38.6 Å². The lowest BCUT2D eigenvalue weighted by Gasteiger charge is -2.37. The molecule has 1 unspecified atom stereocenters. The summed E-state index contributed by atoms with van der Waals surface area (Å²) in [5, 5.41) is 3.52. The highest BCUT2D eigenvalue weighted by atomic mass is 35.5. The lowest BCUT2D eigenvalue weighted by molar-refractivity contribution is -0.0869. The number of hydrogen-bond donors (Lipinski definition) is 1. The molecule has 0 bridgehead atoms. The minimum Gasteiger partial charge on any atom is -0.497 e. The Labute approximate surface area is 301 Å². The Morgan fingerprint density at radius 2 is 1.47 bits per heavy atom. The van der Waals surface area contributed by atoms with Gasteiger partial charge in [-0.3, -0.25) is 9.13 Å². The molecule has 1 aliphatic heterocycles. The van der Waals surface area contributed by atoms with Crippen LogP contribution in [0, 0.1) is 5.92 Å². The fourth-order valence-corrected chi connectivity index (χ4v) is 8.58. The molecule has 0 amide bonds.